The molecule has 4 aromatic rings. The second-order valence-corrected chi connectivity index (χ2v) is 6.28. The van der Waals surface area contributed by atoms with Crippen molar-refractivity contribution in [2.75, 3.05) is 0 Å². The van der Waals surface area contributed by atoms with Crippen molar-refractivity contribution in [3.05, 3.63) is 108 Å². The second kappa shape index (κ2) is 8.02. The second-order valence-electron chi connectivity index (χ2n) is 6.28. The first kappa shape index (κ1) is 18.5. The summed E-state index contributed by atoms with van der Waals surface area (Å²) in [5.74, 6) is -0.873. The summed E-state index contributed by atoms with van der Waals surface area (Å²) in [4.78, 5) is 12.7. The van der Waals surface area contributed by atoms with Gasteiger partial charge in [0.2, 0.25) is 11.8 Å². The number of rotatable bonds is 5. The van der Waals surface area contributed by atoms with Gasteiger partial charge in [-0.2, -0.15) is 0 Å². The average molecular weight is 391 g/mol. The number of aromatic nitrogens is 2. The molecule has 1 heterocycles. The fraction of sp³-hybridized carbons (Fsp3) is 0.0455. The number of amides is 1. The largest absolute Gasteiger partial charge is 0.418 e. The van der Waals surface area contributed by atoms with Gasteiger partial charge in [0.1, 0.15) is 17.7 Å². The molecule has 0 saturated carbocycles. The molecule has 0 spiro atoms. The highest BCUT2D eigenvalue weighted by Gasteiger charge is 2.24. The van der Waals surface area contributed by atoms with Gasteiger partial charge in [0.25, 0.3) is 5.91 Å². The Labute approximate surface area is 165 Å². The summed E-state index contributed by atoms with van der Waals surface area (Å²) in [5, 5.41) is 10.9. The lowest BCUT2D eigenvalue weighted by molar-refractivity contribution is 0.0938. The fourth-order valence-corrected chi connectivity index (χ4v) is 2.81. The zero-order chi connectivity index (χ0) is 20.2. The molecule has 0 aliphatic carbocycles. The molecule has 1 amide bonds. The van der Waals surface area contributed by atoms with Crippen LogP contribution in [0.2, 0.25) is 0 Å². The van der Waals surface area contributed by atoms with Gasteiger partial charge in [-0.15, -0.1) is 10.2 Å². The quantitative estimate of drug-likeness (QED) is 0.543. The van der Waals surface area contributed by atoms with E-state index in [0.29, 0.717) is 11.5 Å². The van der Waals surface area contributed by atoms with Gasteiger partial charge in [-0.25, -0.2) is 8.78 Å². The zero-order valence-corrected chi connectivity index (χ0v) is 15.0. The molecule has 0 unspecified atom stereocenters. The molecule has 0 bridgehead atoms. The molecule has 4 rings (SSSR count). The Hall–Kier alpha value is -3.87. The molecule has 0 radical (unpaired) electrons. The van der Waals surface area contributed by atoms with E-state index in [1.807, 2.05) is 30.3 Å². The molecule has 5 nitrogen and oxygen atoms in total. The van der Waals surface area contributed by atoms with Crippen molar-refractivity contribution in [2.24, 2.45) is 0 Å². The molecule has 144 valence electrons. The number of hydrogen-bond donors (Lipinski definition) is 1. The van der Waals surface area contributed by atoms with Crippen LogP contribution in [0.15, 0.2) is 83.3 Å². The summed E-state index contributed by atoms with van der Waals surface area (Å²) in [6.07, 6.45) is 0. The summed E-state index contributed by atoms with van der Waals surface area (Å²) in [5.41, 5.74) is 1.56. The Bertz CT molecular complexity index is 1110. The van der Waals surface area contributed by atoms with E-state index in [0.717, 1.165) is 5.56 Å². The van der Waals surface area contributed by atoms with E-state index in [1.165, 1.54) is 48.5 Å². The molecule has 0 saturated heterocycles. The first-order chi connectivity index (χ1) is 14.1. The van der Waals surface area contributed by atoms with Crippen molar-refractivity contribution >= 4 is 5.91 Å². The van der Waals surface area contributed by atoms with Gasteiger partial charge < -0.3 is 9.73 Å². The minimum Gasteiger partial charge on any atom is -0.418 e. The highest BCUT2D eigenvalue weighted by molar-refractivity contribution is 5.94. The van der Waals surface area contributed by atoms with E-state index in [4.69, 9.17) is 4.42 Å². The highest BCUT2D eigenvalue weighted by Crippen LogP contribution is 2.25. The zero-order valence-electron chi connectivity index (χ0n) is 15.0. The maximum Gasteiger partial charge on any atom is 0.252 e. The van der Waals surface area contributed by atoms with Crippen LogP contribution in [0.25, 0.3) is 11.5 Å². The van der Waals surface area contributed by atoms with E-state index in [2.05, 4.69) is 15.5 Å². The lowest BCUT2D eigenvalue weighted by atomic mass is 10.1. The molecule has 0 aliphatic rings. The predicted octanol–water partition coefficient (Wildman–Crippen LogP) is 4.53. The van der Waals surface area contributed by atoms with Crippen LogP contribution >= 0.6 is 0 Å². The van der Waals surface area contributed by atoms with Crippen molar-refractivity contribution in [3.63, 3.8) is 0 Å². The van der Waals surface area contributed by atoms with Gasteiger partial charge in [0, 0.05) is 11.1 Å². The third-order valence-corrected chi connectivity index (χ3v) is 4.29. The third kappa shape index (κ3) is 4.19. The minimum atomic E-state index is -0.807. The van der Waals surface area contributed by atoms with E-state index in [1.54, 1.807) is 0 Å². The van der Waals surface area contributed by atoms with Gasteiger partial charge in [0.15, 0.2) is 0 Å². The summed E-state index contributed by atoms with van der Waals surface area (Å²) in [6.45, 7) is 0. The molecule has 0 fully saturated rings. The number of benzene rings is 3. The van der Waals surface area contributed by atoms with Crippen molar-refractivity contribution in [1.29, 1.82) is 0 Å². The van der Waals surface area contributed by atoms with E-state index < -0.39 is 23.6 Å². The molecule has 29 heavy (non-hydrogen) atoms. The van der Waals surface area contributed by atoms with Crippen molar-refractivity contribution in [2.45, 2.75) is 6.04 Å². The van der Waals surface area contributed by atoms with Crippen LogP contribution in [0.1, 0.15) is 27.9 Å². The SMILES string of the molecule is O=C(N[C@H](c1ccc(F)cc1)c1nnc(-c2ccccc2)o1)c1ccc(F)cc1. The summed E-state index contributed by atoms with van der Waals surface area (Å²) >= 11 is 0. The van der Waals surface area contributed by atoms with Crippen LogP contribution < -0.4 is 5.32 Å². The molecule has 3 aromatic carbocycles. The fourth-order valence-electron chi connectivity index (χ4n) is 2.81. The minimum absolute atomic E-state index is 0.144. The maximum absolute atomic E-state index is 13.4. The normalized spacial score (nSPS) is 11.8. The number of carbonyl (C=O) groups is 1. The summed E-state index contributed by atoms with van der Waals surface area (Å²) < 4.78 is 32.3. The average Bonchev–Trinajstić information content (AvgIpc) is 3.24. The number of nitrogens with one attached hydrogen (secondary N) is 1. The lowest BCUT2D eigenvalue weighted by Crippen LogP contribution is -2.29. The number of carbonyl (C=O) groups excluding carboxylic acids is 1. The molecule has 7 heteroatoms. The highest BCUT2D eigenvalue weighted by atomic mass is 19.1. The molecular weight excluding hydrogens is 376 g/mol. The Morgan fingerprint density at radius 2 is 1.45 bits per heavy atom. The number of halogens is 2. The van der Waals surface area contributed by atoms with Crippen LogP contribution in [-0.4, -0.2) is 16.1 Å². The van der Waals surface area contributed by atoms with E-state index in [-0.39, 0.29) is 11.5 Å². The van der Waals surface area contributed by atoms with Gasteiger partial charge >= 0.3 is 0 Å². The van der Waals surface area contributed by atoms with Gasteiger partial charge in [-0.1, -0.05) is 30.3 Å². The third-order valence-electron chi connectivity index (χ3n) is 4.29. The maximum atomic E-state index is 13.4. The molecule has 0 aliphatic heterocycles. The van der Waals surface area contributed by atoms with Crippen LogP contribution in [0.5, 0.6) is 0 Å². The Kier molecular flexibility index (Phi) is 5.11. The predicted molar refractivity (Wildman–Crippen MR) is 102 cm³/mol. The van der Waals surface area contributed by atoms with E-state index in [9.17, 15) is 13.6 Å². The summed E-state index contributed by atoms with van der Waals surface area (Å²) in [6, 6.07) is 19.1. The smallest absolute Gasteiger partial charge is 0.252 e. The van der Waals surface area contributed by atoms with Crippen LogP contribution in [0.4, 0.5) is 8.78 Å². The molecule has 1 atom stereocenters. The van der Waals surface area contributed by atoms with Crippen molar-refractivity contribution < 1.29 is 18.0 Å². The Morgan fingerprint density at radius 3 is 2.10 bits per heavy atom. The first-order valence-electron chi connectivity index (χ1n) is 8.81. The number of hydrogen-bond acceptors (Lipinski definition) is 4. The monoisotopic (exact) mass is 391 g/mol. The van der Waals surface area contributed by atoms with Gasteiger partial charge in [-0.05, 0) is 54.1 Å². The van der Waals surface area contributed by atoms with Crippen LogP contribution in [-0.2, 0) is 0 Å². The lowest BCUT2D eigenvalue weighted by Gasteiger charge is -2.16. The summed E-state index contributed by atoms with van der Waals surface area (Å²) in [7, 11) is 0. The van der Waals surface area contributed by atoms with Gasteiger partial charge in [-0.3, -0.25) is 4.79 Å². The molecule has 1 N–H and O–H groups in total. The van der Waals surface area contributed by atoms with Crippen LogP contribution in [0, 0.1) is 11.6 Å². The van der Waals surface area contributed by atoms with Crippen molar-refractivity contribution in [3.8, 4) is 11.5 Å². The standard InChI is InChI=1S/C22H15F2N3O2/c23-17-10-6-14(7-11-17)19(25-20(28)15-8-12-18(24)13-9-15)22-27-26-21(29-22)16-4-2-1-3-5-16/h1-13,19H,(H,25,28)/t19-/m1/s1. The number of nitrogens with zero attached hydrogens (tertiary/aromatic N) is 2. The van der Waals surface area contributed by atoms with E-state index >= 15 is 0 Å². The first-order valence-corrected chi connectivity index (χ1v) is 8.81. The molecular formula is C22H15F2N3O2. The van der Waals surface area contributed by atoms with Crippen molar-refractivity contribution in [1.82, 2.24) is 15.5 Å². The topological polar surface area (TPSA) is 68.0 Å². The molecule has 1 aromatic heterocycles. The Balaban J connectivity index is 1.67. The van der Waals surface area contributed by atoms with Crippen LogP contribution in [0.3, 0.4) is 0 Å². The van der Waals surface area contributed by atoms with Gasteiger partial charge in [0.05, 0.1) is 0 Å². The Morgan fingerprint density at radius 1 is 0.828 bits per heavy atom.